The molecule has 1 fully saturated rings. The molecule has 31 heavy (non-hydrogen) atoms. The molecule has 0 bridgehead atoms. The van der Waals surface area contributed by atoms with Gasteiger partial charge in [0.15, 0.2) is 0 Å². The Morgan fingerprint density at radius 3 is 2.65 bits per heavy atom. The number of nitrogens with two attached hydrogens (primary N) is 2. The van der Waals surface area contributed by atoms with E-state index in [1.165, 1.54) is 10.9 Å². The molecule has 10 heteroatoms. The lowest BCUT2D eigenvalue weighted by atomic mass is 9.91. The van der Waals surface area contributed by atoms with Crippen molar-refractivity contribution in [3.63, 3.8) is 0 Å². The van der Waals surface area contributed by atoms with Crippen molar-refractivity contribution in [2.75, 3.05) is 10.6 Å². The largest absolute Gasteiger partial charge is 0.365 e. The second-order valence-electron chi connectivity index (χ2n) is 7.45. The van der Waals surface area contributed by atoms with Crippen LogP contribution < -0.4 is 22.1 Å². The zero-order valence-electron chi connectivity index (χ0n) is 16.8. The lowest BCUT2D eigenvalue weighted by molar-refractivity contribution is 0.100. The van der Waals surface area contributed by atoms with Gasteiger partial charge in [0.2, 0.25) is 0 Å². The summed E-state index contributed by atoms with van der Waals surface area (Å²) >= 11 is 0. The third kappa shape index (κ3) is 4.46. The Morgan fingerprint density at radius 2 is 1.94 bits per heavy atom. The number of hydrogen-bond acceptors (Lipinski definition) is 8. The minimum Gasteiger partial charge on any atom is -0.365 e. The second-order valence-corrected chi connectivity index (χ2v) is 7.45. The van der Waals surface area contributed by atoms with Crippen LogP contribution in [0.1, 0.15) is 41.6 Å². The van der Waals surface area contributed by atoms with Crippen molar-refractivity contribution >= 4 is 23.2 Å². The molecule has 1 aromatic carbocycles. The van der Waals surface area contributed by atoms with E-state index < -0.39 is 5.91 Å². The van der Waals surface area contributed by atoms with Crippen molar-refractivity contribution in [2.24, 2.45) is 11.5 Å². The maximum absolute atomic E-state index is 12.1. The van der Waals surface area contributed by atoms with Gasteiger partial charge >= 0.3 is 0 Å². The first kappa shape index (κ1) is 20.3. The monoisotopic (exact) mass is 417 g/mol. The molecular weight excluding hydrogens is 394 g/mol. The van der Waals surface area contributed by atoms with Crippen molar-refractivity contribution < 1.29 is 4.79 Å². The van der Waals surface area contributed by atoms with Crippen LogP contribution in [-0.4, -0.2) is 38.0 Å². The summed E-state index contributed by atoms with van der Waals surface area (Å²) in [6, 6.07) is 10.8. The predicted molar refractivity (Wildman–Crippen MR) is 116 cm³/mol. The fourth-order valence-electron chi connectivity index (χ4n) is 3.70. The van der Waals surface area contributed by atoms with E-state index in [0.717, 1.165) is 31.4 Å². The van der Waals surface area contributed by atoms with E-state index >= 15 is 0 Å². The Morgan fingerprint density at radius 1 is 1.16 bits per heavy atom. The number of nitrogens with zero attached hydrogens (tertiary/aromatic N) is 5. The van der Waals surface area contributed by atoms with Crippen molar-refractivity contribution in [3.8, 4) is 11.8 Å². The summed E-state index contributed by atoms with van der Waals surface area (Å²) in [5.74, 6) is -0.0523. The molecule has 1 amide bonds. The third-order valence-corrected chi connectivity index (χ3v) is 5.31. The Bertz CT molecular complexity index is 1120. The van der Waals surface area contributed by atoms with Gasteiger partial charge in [-0.05, 0) is 37.1 Å². The fraction of sp³-hybridized carbons (Fsp3) is 0.286. The van der Waals surface area contributed by atoms with E-state index in [4.69, 9.17) is 11.5 Å². The number of rotatable bonds is 6. The Hall–Kier alpha value is -3.97. The number of anilines is 3. The molecule has 1 aliphatic rings. The summed E-state index contributed by atoms with van der Waals surface area (Å²) in [7, 11) is 0. The highest BCUT2D eigenvalue weighted by molar-refractivity contribution is 5.99. The molecule has 6 N–H and O–H groups in total. The number of primary amides is 1. The SMILES string of the molecule is N#Cc1cc(C(N)=O)c(Nc2cccc(-n3nccn3)c2)nc1N[C@@H]1CCCCC1N. The van der Waals surface area contributed by atoms with Crippen molar-refractivity contribution in [1.82, 2.24) is 20.0 Å². The van der Waals surface area contributed by atoms with Gasteiger partial charge in [0.05, 0.1) is 29.2 Å². The van der Waals surface area contributed by atoms with Crippen molar-refractivity contribution in [1.29, 1.82) is 5.26 Å². The average Bonchev–Trinajstić information content (AvgIpc) is 3.31. The summed E-state index contributed by atoms with van der Waals surface area (Å²) in [6.45, 7) is 0. The molecule has 0 aliphatic heterocycles. The van der Waals surface area contributed by atoms with Gasteiger partial charge in [-0.3, -0.25) is 4.79 Å². The normalized spacial score (nSPS) is 18.2. The van der Waals surface area contributed by atoms with E-state index in [2.05, 4.69) is 31.9 Å². The molecule has 1 saturated carbocycles. The van der Waals surface area contributed by atoms with Crippen LogP contribution in [0.3, 0.4) is 0 Å². The lowest BCUT2D eigenvalue weighted by Gasteiger charge is -2.30. The van der Waals surface area contributed by atoms with Gasteiger partial charge in [-0.15, -0.1) is 0 Å². The zero-order chi connectivity index (χ0) is 21.8. The molecule has 1 unspecified atom stereocenters. The Balaban J connectivity index is 1.68. The molecule has 0 radical (unpaired) electrons. The van der Waals surface area contributed by atoms with Gasteiger partial charge in [0.1, 0.15) is 17.7 Å². The summed E-state index contributed by atoms with van der Waals surface area (Å²) in [5.41, 5.74) is 13.6. The number of pyridine rings is 1. The number of amides is 1. The second kappa shape index (κ2) is 8.81. The number of benzene rings is 1. The molecule has 0 saturated heterocycles. The van der Waals surface area contributed by atoms with Crippen LogP contribution in [0.4, 0.5) is 17.3 Å². The Kier molecular flexibility index (Phi) is 5.77. The summed E-state index contributed by atoms with van der Waals surface area (Å²) in [6.07, 6.45) is 7.13. The summed E-state index contributed by atoms with van der Waals surface area (Å²) < 4.78 is 0. The maximum atomic E-state index is 12.1. The standard InChI is InChI=1S/C21H23N9O/c22-12-13-10-16(19(24)31)21(29-20(13)28-18-7-2-1-6-17(18)23)27-14-4-3-5-15(11-14)30-25-8-9-26-30/h3-5,8-11,17-18H,1-2,6-7,23H2,(H2,24,31)(H2,27,28,29)/t17?,18-/m1/s1. The number of nitrogens with one attached hydrogen (secondary N) is 2. The van der Waals surface area contributed by atoms with Gasteiger partial charge < -0.3 is 22.1 Å². The van der Waals surface area contributed by atoms with Crippen LogP contribution in [0.5, 0.6) is 0 Å². The van der Waals surface area contributed by atoms with Crippen LogP contribution in [0.25, 0.3) is 5.69 Å². The van der Waals surface area contributed by atoms with E-state index in [0.29, 0.717) is 11.5 Å². The number of hydrogen-bond donors (Lipinski definition) is 4. The predicted octanol–water partition coefficient (Wildman–Crippen LogP) is 2.06. The van der Waals surface area contributed by atoms with Crippen LogP contribution in [0.15, 0.2) is 42.7 Å². The summed E-state index contributed by atoms with van der Waals surface area (Å²) in [4.78, 5) is 18.1. The molecule has 1 aliphatic carbocycles. The van der Waals surface area contributed by atoms with Gasteiger partial charge in [-0.25, -0.2) is 4.98 Å². The van der Waals surface area contributed by atoms with Crippen LogP contribution in [0.2, 0.25) is 0 Å². The molecule has 2 aromatic heterocycles. The Labute approximate surface area is 179 Å². The average molecular weight is 417 g/mol. The number of aromatic nitrogens is 4. The highest BCUT2D eigenvalue weighted by atomic mass is 16.1. The molecule has 158 valence electrons. The number of carbonyl (C=O) groups is 1. The molecule has 3 aromatic rings. The van der Waals surface area contributed by atoms with Gasteiger partial charge in [0, 0.05) is 17.8 Å². The highest BCUT2D eigenvalue weighted by Crippen LogP contribution is 2.27. The highest BCUT2D eigenvalue weighted by Gasteiger charge is 2.24. The van der Waals surface area contributed by atoms with E-state index in [9.17, 15) is 10.1 Å². The molecular formula is C21H23N9O. The first-order valence-corrected chi connectivity index (χ1v) is 10.1. The minimum atomic E-state index is -0.683. The summed E-state index contributed by atoms with van der Waals surface area (Å²) in [5, 5.41) is 24.3. The smallest absolute Gasteiger partial charge is 0.252 e. The third-order valence-electron chi connectivity index (χ3n) is 5.31. The van der Waals surface area contributed by atoms with Crippen LogP contribution in [-0.2, 0) is 0 Å². The topological polar surface area (TPSA) is 161 Å². The number of nitriles is 1. The van der Waals surface area contributed by atoms with Crippen LogP contribution in [0, 0.1) is 11.3 Å². The molecule has 2 atom stereocenters. The van der Waals surface area contributed by atoms with Crippen molar-refractivity contribution in [3.05, 3.63) is 53.9 Å². The first-order valence-electron chi connectivity index (χ1n) is 10.1. The van der Waals surface area contributed by atoms with Crippen LogP contribution >= 0.6 is 0 Å². The molecule has 2 heterocycles. The quantitative estimate of drug-likeness (QED) is 0.474. The molecule has 10 nitrogen and oxygen atoms in total. The zero-order valence-corrected chi connectivity index (χ0v) is 16.8. The lowest BCUT2D eigenvalue weighted by Crippen LogP contribution is -2.43. The van der Waals surface area contributed by atoms with Gasteiger partial charge in [-0.1, -0.05) is 18.9 Å². The van der Waals surface area contributed by atoms with E-state index in [-0.39, 0.29) is 29.0 Å². The van der Waals surface area contributed by atoms with Gasteiger partial charge in [-0.2, -0.15) is 20.3 Å². The molecule has 4 rings (SSSR count). The minimum absolute atomic E-state index is 0.00912. The molecule has 0 spiro atoms. The van der Waals surface area contributed by atoms with Crippen molar-refractivity contribution in [2.45, 2.75) is 37.8 Å². The van der Waals surface area contributed by atoms with E-state index in [1.54, 1.807) is 12.4 Å². The maximum Gasteiger partial charge on any atom is 0.252 e. The fourth-order valence-corrected chi connectivity index (χ4v) is 3.70. The van der Waals surface area contributed by atoms with Gasteiger partial charge in [0.25, 0.3) is 5.91 Å². The van der Waals surface area contributed by atoms with E-state index in [1.807, 2.05) is 24.3 Å². The number of carbonyl (C=O) groups excluding carboxylic acids is 1. The first-order chi connectivity index (χ1) is 15.0.